The van der Waals surface area contributed by atoms with Crippen LogP contribution in [0.4, 0.5) is 5.82 Å². The summed E-state index contributed by atoms with van der Waals surface area (Å²) in [6.07, 6.45) is 0.853. The van der Waals surface area contributed by atoms with Crippen LogP contribution in [0.25, 0.3) is 16.9 Å². The average molecular weight is 469 g/mol. The Morgan fingerprint density at radius 3 is 2.52 bits per heavy atom. The number of methoxy groups -OCH3 is 1. The maximum absolute atomic E-state index is 12.9. The number of ether oxygens (including phenoxy) is 1. The summed E-state index contributed by atoms with van der Waals surface area (Å²) < 4.78 is 6.80. The van der Waals surface area contributed by atoms with Gasteiger partial charge in [-0.15, -0.1) is 11.6 Å². The molecule has 1 N–H and O–H groups in total. The van der Waals surface area contributed by atoms with Gasteiger partial charge < -0.3 is 15.0 Å². The van der Waals surface area contributed by atoms with Crippen LogP contribution in [0.2, 0.25) is 0 Å². The molecule has 7 nitrogen and oxygen atoms in total. The quantitative estimate of drug-likeness (QED) is 0.426. The van der Waals surface area contributed by atoms with Crippen LogP contribution >= 0.6 is 11.6 Å². The molecular formula is C25H29ClN4O3. The van der Waals surface area contributed by atoms with Crippen LogP contribution in [-0.4, -0.2) is 59.2 Å². The van der Waals surface area contributed by atoms with E-state index in [1.54, 1.807) is 11.8 Å². The van der Waals surface area contributed by atoms with E-state index >= 15 is 0 Å². The van der Waals surface area contributed by atoms with Gasteiger partial charge in [-0.25, -0.2) is 4.68 Å². The lowest BCUT2D eigenvalue weighted by Gasteiger charge is -2.22. The van der Waals surface area contributed by atoms with E-state index < -0.39 is 0 Å². The van der Waals surface area contributed by atoms with Crippen LogP contribution in [0.5, 0.6) is 0 Å². The van der Waals surface area contributed by atoms with Crippen LogP contribution < -0.4 is 5.32 Å². The number of alkyl halides is 1. The number of hydrogen-bond acceptors (Lipinski definition) is 4. The second-order valence-corrected chi connectivity index (χ2v) is 8.05. The smallest absolute Gasteiger partial charge is 0.245 e. The highest BCUT2D eigenvalue weighted by Crippen LogP contribution is 2.25. The Hall–Kier alpha value is -3.16. The summed E-state index contributed by atoms with van der Waals surface area (Å²) in [6.45, 7) is 2.61. The number of anilines is 1. The predicted octanol–water partition coefficient (Wildman–Crippen LogP) is 4.28. The summed E-state index contributed by atoms with van der Waals surface area (Å²) in [5.74, 6) is 0.495. The number of amides is 2. The fourth-order valence-electron chi connectivity index (χ4n) is 3.33. The Morgan fingerprint density at radius 1 is 1.12 bits per heavy atom. The Balaban J connectivity index is 1.84. The monoisotopic (exact) mass is 468 g/mol. The standard InChI is InChI=1S/C25H29ClN4O3/c1-19-10-12-21(13-11-19)30-23(17-22(28-30)20-7-4-3-5-8-20)27-24(31)18-29(15-16-33-2)25(32)9-6-14-26/h3-5,7-8,10-13,17H,6,9,14-16,18H2,1-2H3,(H,27,31). The molecule has 0 fully saturated rings. The Kier molecular flexibility index (Phi) is 9.04. The number of nitrogens with zero attached hydrogens (tertiary/aromatic N) is 3. The van der Waals surface area contributed by atoms with Gasteiger partial charge in [0.2, 0.25) is 11.8 Å². The molecule has 0 unspecified atom stereocenters. The minimum atomic E-state index is -0.307. The number of rotatable bonds is 11. The number of nitrogens with one attached hydrogen (secondary N) is 1. The number of aryl methyl sites for hydroxylation is 1. The summed E-state index contributed by atoms with van der Waals surface area (Å²) in [5, 5.41) is 7.66. The van der Waals surface area contributed by atoms with Crippen molar-refractivity contribution in [2.45, 2.75) is 19.8 Å². The largest absolute Gasteiger partial charge is 0.383 e. The van der Waals surface area contributed by atoms with Crippen molar-refractivity contribution in [3.8, 4) is 16.9 Å². The molecule has 174 valence electrons. The molecule has 0 spiro atoms. The summed E-state index contributed by atoms with van der Waals surface area (Å²) >= 11 is 5.72. The molecular weight excluding hydrogens is 440 g/mol. The van der Waals surface area contributed by atoms with E-state index in [1.165, 1.54) is 4.90 Å². The van der Waals surface area contributed by atoms with Gasteiger partial charge in [-0.05, 0) is 25.5 Å². The number of aromatic nitrogens is 2. The Bertz CT molecular complexity index is 1050. The molecule has 8 heteroatoms. The van der Waals surface area contributed by atoms with Crippen molar-refractivity contribution < 1.29 is 14.3 Å². The number of halogens is 1. The molecule has 1 aromatic heterocycles. The molecule has 0 atom stereocenters. The number of carbonyl (C=O) groups excluding carboxylic acids is 2. The summed E-state index contributed by atoms with van der Waals surface area (Å²) in [6, 6.07) is 19.5. The van der Waals surface area contributed by atoms with E-state index in [0.717, 1.165) is 22.5 Å². The van der Waals surface area contributed by atoms with Crippen molar-refractivity contribution in [3.05, 3.63) is 66.2 Å². The van der Waals surface area contributed by atoms with Gasteiger partial charge in [0.15, 0.2) is 0 Å². The molecule has 33 heavy (non-hydrogen) atoms. The molecule has 0 bridgehead atoms. The van der Waals surface area contributed by atoms with Crippen LogP contribution in [0.1, 0.15) is 18.4 Å². The van der Waals surface area contributed by atoms with Crippen molar-refractivity contribution in [1.82, 2.24) is 14.7 Å². The molecule has 2 aromatic carbocycles. The third kappa shape index (κ3) is 6.91. The third-order valence-corrected chi connectivity index (χ3v) is 5.37. The van der Waals surface area contributed by atoms with Gasteiger partial charge in [0.1, 0.15) is 5.82 Å². The summed E-state index contributed by atoms with van der Waals surface area (Å²) in [5.41, 5.74) is 3.63. The van der Waals surface area contributed by atoms with E-state index in [-0.39, 0.29) is 18.4 Å². The highest BCUT2D eigenvalue weighted by Gasteiger charge is 2.19. The zero-order valence-electron chi connectivity index (χ0n) is 19.0. The lowest BCUT2D eigenvalue weighted by Crippen LogP contribution is -2.40. The number of hydrogen-bond donors (Lipinski definition) is 1. The highest BCUT2D eigenvalue weighted by atomic mass is 35.5. The lowest BCUT2D eigenvalue weighted by molar-refractivity contribution is -0.135. The molecule has 0 radical (unpaired) electrons. The fourth-order valence-corrected chi connectivity index (χ4v) is 3.46. The first-order valence-corrected chi connectivity index (χ1v) is 11.4. The van der Waals surface area contributed by atoms with Crippen molar-refractivity contribution >= 4 is 29.2 Å². The average Bonchev–Trinajstić information content (AvgIpc) is 3.24. The van der Waals surface area contributed by atoms with Crippen molar-refractivity contribution in [3.63, 3.8) is 0 Å². The molecule has 0 aliphatic heterocycles. The maximum Gasteiger partial charge on any atom is 0.245 e. The van der Waals surface area contributed by atoms with Gasteiger partial charge >= 0.3 is 0 Å². The Morgan fingerprint density at radius 2 is 1.85 bits per heavy atom. The first kappa shape index (κ1) is 24.5. The lowest BCUT2D eigenvalue weighted by atomic mass is 10.1. The molecule has 0 saturated heterocycles. The molecule has 0 aliphatic rings. The summed E-state index contributed by atoms with van der Waals surface area (Å²) in [4.78, 5) is 27.0. The molecule has 0 aliphatic carbocycles. The van der Waals surface area contributed by atoms with Gasteiger partial charge in [0, 0.05) is 37.6 Å². The van der Waals surface area contributed by atoms with Crippen LogP contribution in [0.3, 0.4) is 0 Å². The minimum Gasteiger partial charge on any atom is -0.383 e. The van der Waals surface area contributed by atoms with E-state index in [1.807, 2.05) is 67.6 Å². The zero-order chi connectivity index (χ0) is 23.6. The second-order valence-electron chi connectivity index (χ2n) is 7.68. The normalized spacial score (nSPS) is 10.8. The van der Waals surface area contributed by atoms with Gasteiger partial charge in [-0.1, -0.05) is 48.0 Å². The number of benzene rings is 2. The molecule has 3 aromatic rings. The van der Waals surface area contributed by atoms with Crippen molar-refractivity contribution in [2.24, 2.45) is 0 Å². The second kappa shape index (κ2) is 12.2. The predicted molar refractivity (Wildman–Crippen MR) is 131 cm³/mol. The first-order chi connectivity index (χ1) is 16.0. The molecule has 1 heterocycles. The minimum absolute atomic E-state index is 0.0791. The van der Waals surface area contributed by atoms with Gasteiger partial charge in [0.25, 0.3) is 0 Å². The van der Waals surface area contributed by atoms with Crippen LogP contribution in [0, 0.1) is 6.92 Å². The first-order valence-electron chi connectivity index (χ1n) is 10.9. The van der Waals surface area contributed by atoms with E-state index in [4.69, 9.17) is 21.4 Å². The molecule has 3 rings (SSSR count). The topological polar surface area (TPSA) is 76.5 Å². The molecule has 2 amide bonds. The fraction of sp³-hybridized carbons (Fsp3) is 0.320. The maximum atomic E-state index is 12.9. The zero-order valence-corrected chi connectivity index (χ0v) is 19.7. The van der Waals surface area contributed by atoms with Gasteiger partial charge in [-0.3, -0.25) is 9.59 Å². The van der Waals surface area contributed by atoms with Crippen molar-refractivity contribution in [2.75, 3.05) is 38.0 Å². The van der Waals surface area contributed by atoms with Crippen LogP contribution in [-0.2, 0) is 14.3 Å². The number of carbonyl (C=O) groups is 2. The summed E-state index contributed by atoms with van der Waals surface area (Å²) in [7, 11) is 1.56. The van der Waals surface area contributed by atoms with E-state index in [2.05, 4.69) is 5.32 Å². The van der Waals surface area contributed by atoms with Crippen molar-refractivity contribution in [1.29, 1.82) is 0 Å². The van der Waals surface area contributed by atoms with Crippen LogP contribution in [0.15, 0.2) is 60.7 Å². The molecule has 0 saturated carbocycles. The van der Waals surface area contributed by atoms with E-state index in [0.29, 0.717) is 37.7 Å². The third-order valence-electron chi connectivity index (χ3n) is 5.10. The highest BCUT2D eigenvalue weighted by molar-refractivity contribution is 6.17. The van der Waals surface area contributed by atoms with E-state index in [9.17, 15) is 9.59 Å². The van der Waals surface area contributed by atoms with Gasteiger partial charge in [0.05, 0.1) is 24.5 Å². The SMILES string of the molecule is COCCN(CC(=O)Nc1cc(-c2ccccc2)nn1-c1ccc(C)cc1)C(=O)CCCCl. The Labute approximate surface area is 199 Å². The van der Waals surface area contributed by atoms with Gasteiger partial charge in [-0.2, -0.15) is 5.10 Å².